The second-order valence-electron chi connectivity index (χ2n) is 10.6. The van der Waals surface area contributed by atoms with Gasteiger partial charge in [-0.1, -0.05) is 12.1 Å². The Morgan fingerprint density at radius 1 is 0.947 bits per heavy atom. The number of rotatable bonds is 7. The van der Waals surface area contributed by atoms with E-state index in [9.17, 15) is 26.7 Å². The molecule has 1 aliphatic carbocycles. The van der Waals surface area contributed by atoms with E-state index in [0.717, 1.165) is 69.7 Å². The number of nitrogens with one attached hydrogen (secondary N) is 1. The number of hydrogen-bond donors (Lipinski definition) is 1. The van der Waals surface area contributed by atoms with Crippen molar-refractivity contribution < 1.29 is 31.5 Å². The molecule has 10 heteroatoms. The molecule has 1 amide bonds. The average Bonchev–Trinajstić information content (AvgIpc) is 3.75. The number of nitrogens with zero attached hydrogens (tertiary/aromatic N) is 2. The van der Waals surface area contributed by atoms with Gasteiger partial charge in [-0.25, -0.2) is 8.78 Å². The number of piperazine rings is 1. The molecule has 3 fully saturated rings. The highest BCUT2D eigenvalue weighted by atomic mass is 19.4. The van der Waals surface area contributed by atoms with Gasteiger partial charge >= 0.3 is 6.18 Å². The maximum absolute atomic E-state index is 13.8. The highest BCUT2D eigenvalue weighted by molar-refractivity contribution is 5.86. The van der Waals surface area contributed by atoms with Crippen molar-refractivity contribution in [1.29, 1.82) is 0 Å². The zero-order chi connectivity index (χ0) is 26.9. The summed E-state index contributed by atoms with van der Waals surface area (Å²) in [5.41, 5.74) is -0.924. The summed E-state index contributed by atoms with van der Waals surface area (Å²) >= 11 is 0. The van der Waals surface area contributed by atoms with Crippen molar-refractivity contribution in [2.75, 3.05) is 32.8 Å². The molecule has 2 aromatic rings. The van der Waals surface area contributed by atoms with Gasteiger partial charge in [-0.3, -0.25) is 14.6 Å². The summed E-state index contributed by atoms with van der Waals surface area (Å²) in [5.74, 6) is -1.47. The number of carbonyl (C=O) groups is 1. The maximum Gasteiger partial charge on any atom is 0.416 e. The number of hydrogen-bond acceptors (Lipinski definition) is 4. The molecule has 3 aliphatic rings. The smallest absolute Gasteiger partial charge is 0.363 e. The summed E-state index contributed by atoms with van der Waals surface area (Å²) < 4.78 is 72.3. The van der Waals surface area contributed by atoms with E-state index >= 15 is 0 Å². The standard InChI is InChI=1S/C28H32F5N3O2/c29-23-5-1-19(2-6-23)17-35-9-11-36(12-10-35)25-7-8-27(38-18-25,21-3-4-21)26(37)34-16-20-13-22(28(31,32)33)15-24(30)14-20/h1-2,5-6,13-15,21,25H,3-4,7-12,16-18H2,(H,34,37)/t25?,27-/m0/s1. The van der Waals surface area contributed by atoms with Crippen LogP contribution in [-0.2, 0) is 28.8 Å². The Bertz CT molecular complexity index is 1120. The molecule has 2 atom stereocenters. The molecular formula is C28H32F5N3O2. The molecule has 38 heavy (non-hydrogen) atoms. The summed E-state index contributed by atoms with van der Waals surface area (Å²) in [6, 6.07) is 9.08. The third-order valence-electron chi connectivity index (χ3n) is 7.98. The molecule has 2 aromatic carbocycles. The van der Waals surface area contributed by atoms with Crippen molar-refractivity contribution in [2.24, 2.45) is 5.92 Å². The van der Waals surface area contributed by atoms with Gasteiger partial charge in [0.1, 0.15) is 17.2 Å². The highest BCUT2D eigenvalue weighted by Crippen LogP contribution is 2.47. The van der Waals surface area contributed by atoms with E-state index in [1.54, 1.807) is 0 Å². The third-order valence-corrected chi connectivity index (χ3v) is 7.98. The fourth-order valence-electron chi connectivity index (χ4n) is 5.69. The van der Waals surface area contributed by atoms with Crippen LogP contribution in [0.25, 0.3) is 0 Å². The quantitative estimate of drug-likeness (QED) is 0.518. The van der Waals surface area contributed by atoms with Gasteiger partial charge in [-0.2, -0.15) is 13.2 Å². The number of halogens is 5. The molecule has 1 N–H and O–H groups in total. The van der Waals surface area contributed by atoms with E-state index in [2.05, 4.69) is 15.1 Å². The molecule has 1 unspecified atom stereocenters. The van der Waals surface area contributed by atoms with Gasteiger partial charge in [0, 0.05) is 45.3 Å². The lowest BCUT2D eigenvalue weighted by atomic mass is 9.85. The van der Waals surface area contributed by atoms with Crippen LogP contribution in [-0.4, -0.2) is 60.1 Å². The molecule has 5 rings (SSSR count). The molecule has 0 spiro atoms. The Kier molecular flexibility index (Phi) is 7.75. The third kappa shape index (κ3) is 6.18. The first-order chi connectivity index (χ1) is 18.1. The van der Waals surface area contributed by atoms with Gasteiger partial charge in [0.2, 0.25) is 0 Å². The van der Waals surface area contributed by atoms with Gasteiger partial charge in [0.15, 0.2) is 0 Å². The molecule has 2 aliphatic heterocycles. The summed E-state index contributed by atoms with van der Waals surface area (Å²) in [7, 11) is 0. The topological polar surface area (TPSA) is 44.8 Å². The van der Waals surface area contributed by atoms with Crippen LogP contribution in [0, 0.1) is 17.6 Å². The van der Waals surface area contributed by atoms with E-state index in [1.807, 2.05) is 12.1 Å². The van der Waals surface area contributed by atoms with E-state index < -0.39 is 23.2 Å². The first-order valence-electron chi connectivity index (χ1n) is 13.1. The second kappa shape index (κ2) is 10.9. The zero-order valence-corrected chi connectivity index (χ0v) is 21.1. The van der Waals surface area contributed by atoms with Crippen LogP contribution in [0.15, 0.2) is 42.5 Å². The van der Waals surface area contributed by atoms with Crippen LogP contribution < -0.4 is 5.32 Å². The molecular weight excluding hydrogens is 505 g/mol. The van der Waals surface area contributed by atoms with Crippen LogP contribution in [0.3, 0.4) is 0 Å². The summed E-state index contributed by atoms with van der Waals surface area (Å²) in [6.07, 6.45) is -1.58. The minimum absolute atomic E-state index is 0.0591. The largest absolute Gasteiger partial charge is 0.416 e. The van der Waals surface area contributed by atoms with Crippen molar-refractivity contribution in [2.45, 2.75) is 56.6 Å². The lowest BCUT2D eigenvalue weighted by molar-refractivity contribution is -0.165. The van der Waals surface area contributed by atoms with Crippen molar-refractivity contribution in [3.8, 4) is 0 Å². The van der Waals surface area contributed by atoms with Gasteiger partial charge < -0.3 is 10.1 Å². The Balaban J connectivity index is 1.14. The average molecular weight is 538 g/mol. The fraction of sp³-hybridized carbons (Fsp3) is 0.536. The van der Waals surface area contributed by atoms with Crippen molar-refractivity contribution in [3.05, 3.63) is 70.8 Å². The molecule has 2 heterocycles. The molecule has 0 radical (unpaired) electrons. The summed E-state index contributed by atoms with van der Waals surface area (Å²) in [4.78, 5) is 18.0. The Morgan fingerprint density at radius 3 is 2.26 bits per heavy atom. The number of ether oxygens (including phenoxy) is 1. The Hall–Kier alpha value is -2.56. The molecule has 2 saturated heterocycles. The molecule has 0 bridgehead atoms. The monoisotopic (exact) mass is 537 g/mol. The van der Waals surface area contributed by atoms with Crippen molar-refractivity contribution in [1.82, 2.24) is 15.1 Å². The molecule has 1 saturated carbocycles. The van der Waals surface area contributed by atoms with Crippen LogP contribution in [0.1, 0.15) is 42.4 Å². The lowest BCUT2D eigenvalue weighted by Gasteiger charge is -2.45. The fourth-order valence-corrected chi connectivity index (χ4v) is 5.69. The van der Waals surface area contributed by atoms with Gasteiger partial charge in [-0.15, -0.1) is 0 Å². The lowest BCUT2D eigenvalue weighted by Crippen LogP contribution is -2.58. The molecule has 206 valence electrons. The van der Waals surface area contributed by atoms with Gasteiger partial charge in [0.05, 0.1) is 12.2 Å². The molecule has 5 nitrogen and oxygen atoms in total. The van der Waals surface area contributed by atoms with Crippen molar-refractivity contribution in [3.63, 3.8) is 0 Å². The molecule has 0 aromatic heterocycles. The number of carbonyl (C=O) groups excluding carboxylic acids is 1. The summed E-state index contributed by atoms with van der Waals surface area (Å²) in [6.45, 7) is 4.51. The van der Waals surface area contributed by atoms with Crippen LogP contribution in [0.4, 0.5) is 22.0 Å². The van der Waals surface area contributed by atoms with E-state index in [1.165, 1.54) is 12.1 Å². The normalized spacial score (nSPS) is 25.3. The minimum Gasteiger partial charge on any atom is -0.363 e. The second-order valence-corrected chi connectivity index (χ2v) is 10.6. The highest BCUT2D eigenvalue weighted by Gasteiger charge is 2.54. The van der Waals surface area contributed by atoms with Crippen LogP contribution in [0.5, 0.6) is 0 Å². The number of benzene rings is 2. The van der Waals surface area contributed by atoms with E-state index in [-0.39, 0.29) is 35.8 Å². The summed E-state index contributed by atoms with van der Waals surface area (Å²) in [5, 5.41) is 2.72. The minimum atomic E-state index is -4.66. The van der Waals surface area contributed by atoms with E-state index in [4.69, 9.17) is 4.74 Å². The van der Waals surface area contributed by atoms with Gasteiger partial charge in [0.25, 0.3) is 5.91 Å². The van der Waals surface area contributed by atoms with Crippen LogP contribution >= 0.6 is 0 Å². The Labute approximate surface area is 218 Å². The SMILES string of the molecule is O=C(NCc1cc(F)cc(C(F)(F)F)c1)[C@@]1(C2CC2)CCC(N2CCN(Cc3ccc(F)cc3)CC2)CO1. The van der Waals surface area contributed by atoms with E-state index in [0.29, 0.717) is 19.1 Å². The van der Waals surface area contributed by atoms with Crippen LogP contribution in [0.2, 0.25) is 0 Å². The maximum atomic E-state index is 13.8. The predicted octanol–water partition coefficient (Wildman–Crippen LogP) is 4.75. The number of amides is 1. The first-order valence-corrected chi connectivity index (χ1v) is 13.1. The van der Waals surface area contributed by atoms with Crippen molar-refractivity contribution >= 4 is 5.91 Å². The van der Waals surface area contributed by atoms with Gasteiger partial charge in [-0.05, 0) is 73.1 Å². The number of alkyl halides is 3. The predicted molar refractivity (Wildman–Crippen MR) is 131 cm³/mol. The zero-order valence-electron chi connectivity index (χ0n) is 21.1. The Morgan fingerprint density at radius 2 is 1.66 bits per heavy atom. The first kappa shape index (κ1) is 27.0.